The van der Waals surface area contributed by atoms with Crippen LogP contribution in [0.15, 0.2) is 12.1 Å². The third kappa shape index (κ3) is 2.41. The molecule has 0 aliphatic carbocycles. The van der Waals surface area contributed by atoms with Gasteiger partial charge in [-0.05, 0) is 0 Å². The number of nitrogens with zero attached hydrogens (tertiary/aromatic N) is 3. The summed E-state index contributed by atoms with van der Waals surface area (Å²) in [5, 5.41) is 3.10. The highest BCUT2D eigenvalue weighted by Crippen LogP contribution is 2.32. The van der Waals surface area contributed by atoms with E-state index < -0.39 is 35.2 Å². The maximum atomic E-state index is 12.5. The Morgan fingerprint density at radius 3 is 2.05 bits per heavy atom. The standard InChI is InChI=1S/C8H5F6N5/c9-7(10,11)3-1-6(17-15)19-5(16-3)2-4(18-19)8(12,13)14/h1-2,17H,15H2. The maximum Gasteiger partial charge on any atom is 0.435 e. The van der Waals surface area contributed by atoms with Crippen molar-refractivity contribution in [2.24, 2.45) is 5.84 Å². The number of fused-ring (bicyclic) bond motifs is 1. The largest absolute Gasteiger partial charge is 0.435 e. The van der Waals surface area contributed by atoms with E-state index in [2.05, 4.69) is 10.1 Å². The summed E-state index contributed by atoms with van der Waals surface area (Å²) in [6.45, 7) is 0. The van der Waals surface area contributed by atoms with Crippen LogP contribution in [0.3, 0.4) is 0 Å². The first kappa shape index (κ1) is 13.4. The van der Waals surface area contributed by atoms with E-state index in [1.165, 1.54) is 0 Å². The summed E-state index contributed by atoms with van der Waals surface area (Å²) < 4.78 is 75.3. The van der Waals surface area contributed by atoms with Gasteiger partial charge in [0, 0.05) is 12.1 Å². The minimum Gasteiger partial charge on any atom is -0.308 e. The van der Waals surface area contributed by atoms with Gasteiger partial charge in [0.15, 0.2) is 17.0 Å². The van der Waals surface area contributed by atoms with Crippen LogP contribution >= 0.6 is 0 Å². The van der Waals surface area contributed by atoms with Crippen molar-refractivity contribution in [2.45, 2.75) is 12.4 Å². The van der Waals surface area contributed by atoms with E-state index in [-0.39, 0.29) is 0 Å². The van der Waals surface area contributed by atoms with E-state index in [1.807, 2.05) is 5.43 Å². The summed E-state index contributed by atoms with van der Waals surface area (Å²) in [7, 11) is 0. The number of alkyl halides is 6. The molecule has 2 aromatic heterocycles. The Kier molecular flexibility index (Phi) is 2.81. The minimum atomic E-state index is -4.81. The summed E-state index contributed by atoms with van der Waals surface area (Å²) in [6, 6.07) is 0.857. The SMILES string of the molecule is NNc1cc(C(F)(F)F)nc2cc(C(F)(F)F)nn12. The molecule has 0 bridgehead atoms. The van der Waals surface area contributed by atoms with Crippen molar-refractivity contribution in [2.75, 3.05) is 5.43 Å². The van der Waals surface area contributed by atoms with Crippen LogP contribution in [-0.4, -0.2) is 14.6 Å². The van der Waals surface area contributed by atoms with E-state index in [0.29, 0.717) is 16.6 Å². The zero-order chi connectivity index (χ0) is 14.4. The summed E-state index contributed by atoms with van der Waals surface area (Å²) in [6.07, 6.45) is -9.60. The molecule has 2 aromatic rings. The zero-order valence-electron chi connectivity index (χ0n) is 8.84. The molecule has 0 fully saturated rings. The molecule has 0 aliphatic heterocycles. The minimum absolute atomic E-state index is 0.399. The van der Waals surface area contributed by atoms with Crippen molar-refractivity contribution < 1.29 is 26.3 Å². The van der Waals surface area contributed by atoms with Crippen molar-refractivity contribution in [3.8, 4) is 0 Å². The van der Waals surface area contributed by atoms with E-state index in [4.69, 9.17) is 5.84 Å². The second-order valence-electron chi connectivity index (χ2n) is 3.47. The Balaban J connectivity index is 2.70. The third-order valence-electron chi connectivity index (χ3n) is 2.16. The molecule has 0 saturated heterocycles. The zero-order valence-corrected chi connectivity index (χ0v) is 8.84. The van der Waals surface area contributed by atoms with Gasteiger partial charge in [-0.2, -0.15) is 36.0 Å². The van der Waals surface area contributed by atoms with Crippen LogP contribution in [0.1, 0.15) is 11.4 Å². The first-order chi connectivity index (χ1) is 8.63. The molecule has 3 N–H and O–H groups in total. The van der Waals surface area contributed by atoms with Crippen molar-refractivity contribution in [1.29, 1.82) is 0 Å². The van der Waals surface area contributed by atoms with Crippen molar-refractivity contribution in [3.05, 3.63) is 23.5 Å². The lowest BCUT2D eigenvalue weighted by Crippen LogP contribution is -2.16. The summed E-state index contributed by atoms with van der Waals surface area (Å²) >= 11 is 0. The number of nitrogen functional groups attached to an aromatic ring is 1. The molecule has 0 amide bonds. The first-order valence-electron chi connectivity index (χ1n) is 4.65. The molecule has 0 saturated carbocycles. The number of aromatic nitrogens is 3. The van der Waals surface area contributed by atoms with Gasteiger partial charge in [-0.3, -0.25) is 0 Å². The number of nitrogens with one attached hydrogen (secondary N) is 1. The van der Waals surface area contributed by atoms with E-state index in [9.17, 15) is 26.3 Å². The first-order valence-corrected chi connectivity index (χ1v) is 4.65. The number of hydrogen-bond acceptors (Lipinski definition) is 4. The molecule has 2 heterocycles. The molecule has 0 aromatic carbocycles. The molecule has 0 radical (unpaired) electrons. The summed E-state index contributed by atoms with van der Waals surface area (Å²) in [5.41, 5.74) is -1.51. The van der Waals surface area contributed by atoms with E-state index in [0.717, 1.165) is 0 Å². The van der Waals surface area contributed by atoms with Crippen LogP contribution in [-0.2, 0) is 12.4 Å². The third-order valence-corrected chi connectivity index (χ3v) is 2.16. The average molecular weight is 285 g/mol. The monoisotopic (exact) mass is 285 g/mol. The lowest BCUT2D eigenvalue weighted by atomic mass is 10.3. The quantitative estimate of drug-likeness (QED) is 0.478. The predicted octanol–water partition coefficient (Wildman–Crippen LogP) is 2.05. The molecule has 0 atom stereocenters. The van der Waals surface area contributed by atoms with Crippen molar-refractivity contribution in [3.63, 3.8) is 0 Å². The lowest BCUT2D eigenvalue weighted by Gasteiger charge is -2.09. The van der Waals surface area contributed by atoms with Gasteiger partial charge in [0.1, 0.15) is 5.82 Å². The molecule has 0 aliphatic rings. The maximum absolute atomic E-state index is 12.5. The highest BCUT2D eigenvalue weighted by molar-refractivity contribution is 5.50. The Bertz CT molecular complexity index is 612. The lowest BCUT2D eigenvalue weighted by molar-refractivity contribution is -0.142. The topological polar surface area (TPSA) is 68.2 Å². The highest BCUT2D eigenvalue weighted by atomic mass is 19.4. The van der Waals surface area contributed by atoms with Crippen LogP contribution in [0.2, 0.25) is 0 Å². The van der Waals surface area contributed by atoms with Gasteiger partial charge >= 0.3 is 12.4 Å². The van der Waals surface area contributed by atoms with Crippen molar-refractivity contribution >= 4 is 11.5 Å². The van der Waals surface area contributed by atoms with E-state index >= 15 is 0 Å². The second-order valence-corrected chi connectivity index (χ2v) is 3.47. The number of hydrazine groups is 1. The van der Waals surface area contributed by atoms with Gasteiger partial charge in [0.25, 0.3) is 0 Å². The van der Waals surface area contributed by atoms with Crippen LogP contribution in [0.5, 0.6) is 0 Å². The van der Waals surface area contributed by atoms with E-state index in [1.54, 1.807) is 0 Å². The Hall–Kier alpha value is -2.04. The molecule has 5 nitrogen and oxygen atoms in total. The van der Waals surface area contributed by atoms with Gasteiger partial charge in [-0.1, -0.05) is 0 Å². The normalized spacial score (nSPS) is 13.0. The molecule has 104 valence electrons. The molecular weight excluding hydrogens is 280 g/mol. The average Bonchev–Trinajstić information content (AvgIpc) is 2.69. The fourth-order valence-corrected chi connectivity index (χ4v) is 1.36. The Labute approximate surface area is 101 Å². The Morgan fingerprint density at radius 2 is 1.58 bits per heavy atom. The number of nitrogens with two attached hydrogens (primary N) is 1. The molecule has 11 heteroatoms. The fraction of sp³-hybridized carbons (Fsp3) is 0.250. The highest BCUT2D eigenvalue weighted by Gasteiger charge is 2.37. The number of halogens is 6. The van der Waals surface area contributed by atoms with Crippen LogP contribution in [0.4, 0.5) is 32.2 Å². The Morgan fingerprint density at radius 1 is 1.00 bits per heavy atom. The van der Waals surface area contributed by atoms with Crippen molar-refractivity contribution in [1.82, 2.24) is 14.6 Å². The van der Waals surface area contributed by atoms with Crippen LogP contribution in [0, 0.1) is 0 Å². The van der Waals surface area contributed by atoms with Crippen LogP contribution in [0.25, 0.3) is 5.65 Å². The number of rotatable bonds is 1. The second kappa shape index (κ2) is 3.98. The molecule has 0 unspecified atom stereocenters. The molecule has 19 heavy (non-hydrogen) atoms. The van der Waals surface area contributed by atoms with Gasteiger partial charge in [0.05, 0.1) is 0 Å². The fourth-order valence-electron chi connectivity index (χ4n) is 1.36. The van der Waals surface area contributed by atoms with Gasteiger partial charge < -0.3 is 5.43 Å². The smallest absolute Gasteiger partial charge is 0.308 e. The summed E-state index contributed by atoms with van der Waals surface area (Å²) in [5.74, 6) is 4.49. The predicted molar refractivity (Wildman–Crippen MR) is 50.8 cm³/mol. The molecule has 2 rings (SSSR count). The van der Waals surface area contributed by atoms with Crippen LogP contribution < -0.4 is 11.3 Å². The molecular formula is C8H5F6N5. The number of hydrogen-bond donors (Lipinski definition) is 2. The van der Waals surface area contributed by atoms with Gasteiger partial charge in [0.2, 0.25) is 0 Å². The summed E-state index contributed by atoms with van der Waals surface area (Å²) in [4.78, 5) is 3.07. The molecule has 0 spiro atoms. The number of anilines is 1. The van der Waals surface area contributed by atoms with Gasteiger partial charge in [-0.15, -0.1) is 0 Å². The van der Waals surface area contributed by atoms with Gasteiger partial charge in [-0.25, -0.2) is 10.8 Å².